The first kappa shape index (κ1) is 11.1. The van der Waals surface area contributed by atoms with Gasteiger partial charge in [0.05, 0.1) is 0 Å². The molecule has 0 amide bonds. The summed E-state index contributed by atoms with van der Waals surface area (Å²) in [7, 11) is 0. The van der Waals surface area contributed by atoms with Gasteiger partial charge in [-0.3, -0.25) is 0 Å². The Bertz CT molecular complexity index is 805. The summed E-state index contributed by atoms with van der Waals surface area (Å²) in [6.07, 6.45) is 7.37. The van der Waals surface area contributed by atoms with Crippen molar-refractivity contribution in [1.82, 2.24) is 0 Å². The highest BCUT2D eigenvalue weighted by molar-refractivity contribution is 6.14. The van der Waals surface area contributed by atoms with Crippen LogP contribution in [0, 0.1) is 23.7 Å². The minimum Gasteiger partial charge on any atom is -0.0610 e. The first-order valence-electron chi connectivity index (χ1n) is 8.65. The number of fused-ring (bicyclic) bond motifs is 3. The Kier molecular flexibility index (Phi) is 1.90. The van der Waals surface area contributed by atoms with Gasteiger partial charge in [0.2, 0.25) is 0 Å². The molecular weight excluding hydrogens is 252 g/mol. The van der Waals surface area contributed by atoms with E-state index in [9.17, 15) is 0 Å². The number of hydrogen-bond donors (Lipinski definition) is 0. The average Bonchev–Trinajstić information content (AvgIpc) is 2.84. The van der Waals surface area contributed by atoms with Crippen molar-refractivity contribution in [3.8, 4) is 0 Å². The molecule has 0 spiro atoms. The Morgan fingerprint density at radius 1 is 0.857 bits per heavy atom. The second kappa shape index (κ2) is 3.61. The minimum atomic E-state index is 0.879. The van der Waals surface area contributed by atoms with E-state index in [1.807, 2.05) is 0 Å². The molecular formula is C21H20. The molecule has 0 nitrogen and oxygen atoms in total. The standard InChI is InChI=1S/C21H20/c1-3-13-4-2-6-17-20(13)16(5-1)19-11-14-9-12-7-8-15(14)18(10-12)21(17)19/h1-6,12,14-15,18H,7-11H2. The molecule has 3 saturated carbocycles. The van der Waals surface area contributed by atoms with E-state index in [4.69, 9.17) is 0 Å². The molecule has 0 saturated heterocycles. The summed E-state index contributed by atoms with van der Waals surface area (Å²) in [5, 5.41) is 3.01. The van der Waals surface area contributed by atoms with Crippen LogP contribution in [0.1, 0.15) is 43.2 Å². The average molecular weight is 272 g/mol. The van der Waals surface area contributed by atoms with E-state index in [1.165, 1.54) is 37.5 Å². The van der Waals surface area contributed by atoms with Crippen LogP contribution in [0.15, 0.2) is 36.4 Å². The molecule has 4 bridgehead atoms. The fourth-order valence-electron chi connectivity index (χ4n) is 6.26. The van der Waals surface area contributed by atoms with Crippen LogP contribution < -0.4 is 0 Å². The Morgan fingerprint density at radius 2 is 1.71 bits per heavy atom. The SMILES string of the molecule is c1cc2c3c(cccc3c1)C1=C2CC2CC3CCC2C1C3. The molecule has 0 heteroatoms. The van der Waals surface area contributed by atoms with E-state index in [0.29, 0.717) is 0 Å². The van der Waals surface area contributed by atoms with Gasteiger partial charge in [0.1, 0.15) is 0 Å². The normalized spacial score (nSPS) is 35.4. The summed E-state index contributed by atoms with van der Waals surface area (Å²) >= 11 is 0. The summed E-state index contributed by atoms with van der Waals surface area (Å²) in [5.74, 6) is 3.90. The van der Waals surface area contributed by atoms with Gasteiger partial charge < -0.3 is 0 Å². The van der Waals surface area contributed by atoms with E-state index in [-0.39, 0.29) is 0 Å². The maximum atomic E-state index is 2.40. The molecule has 21 heavy (non-hydrogen) atoms. The number of allylic oxidation sites excluding steroid dienone is 2. The van der Waals surface area contributed by atoms with Crippen molar-refractivity contribution in [3.05, 3.63) is 47.5 Å². The summed E-state index contributed by atoms with van der Waals surface area (Å²) in [5.41, 5.74) is 6.67. The highest BCUT2D eigenvalue weighted by Crippen LogP contribution is 2.62. The highest BCUT2D eigenvalue weighted by atomic mass is 14.5. The molecule has 2 aromatic carbocycles. The number of rotatable bonds is 0. The lowest BCUT2D eigenvalue weighted by Gasteiger charge is -2.51. The molecule has 4 unspecified atom stereocenters. The zero-order valence-corrected chi connectivity index (χ0v) is 12.3. The van der Waals surface area contributed by atoms with Gasteiger partial charge in [0, 0.05) is 0 Å². The molecule has 5 aliphatic carbocycles. The Balaban J connectivity index is 1.66. The summed E-state index contributed by atoms with van der Waals surface area (Å²) in [6, 6.07) is 13.9. The molecule has 0 N–H and O–H groups in total. The third kappa shape index (κ3) is 1.24. The van der Waals surface area contributed by atoms with Gasteiger partial charge in [-0.25, -0.2) is 0 Å². The molecule has 0 aromatic heterocycles. The van der Waals surface area contributed by atoms with Crippen molar-refractivity contribution in [2.24, 2.45) is 23.7 Å². The van der Waals surface area contributed by atoms with Crippen LogP contribution >= 0.6 is 0 Å². The minimum absolute atomic E-state index is 0.879. The highest BCUT2D eigenvalue weighted by Gasteiger charge is 2.49. The fraction of sp³-hybridized carbons (Fsp3) is 0.429. The molecule has 2 aromatic rings. The number of hydrogen-bond acceptors (Lipinski definition) is 0. The fourth-order valence-corrected chi connectivity index (χ4v) is 6.26. The molecule has 0 radical (unpaired) electrons. The molecule has 0 aliphatic heterocycles. The predicted octanol–water partition coefficient (Wildman–Crippen LogP) is 5.52. The van der Waals surface area contributed by atoms with Gasteiger partial charge in [-0.15, -0.1) is 0 Å². The van der Waals surface area contributed by atoms with E-state index in [2.05, 4.69) is 36.4 Å². The van der Waals surface area contributed by atoms with Gasteiger partial charge >= 0.3 is 0 Å². The van der Waals surface area contributed by atoms with Gasteiger partial charge in [-0.05, 0) is 82.4 Å². The van der Waals surface area contributed by atoms with Crippen LogP contribution in [0.2, 0.25) is 0 Å². The third-order valence-electron chi connectivity index (χ3n) is 6.94. The molecule has 4 atom stereocenters. The first-order valence-corrected chi connectivity index (χ1v) is 8.65. The van der Waals surface area contributed by atoms with Crippen LogP contribution in [0.5, 0.6) is 0 Å². The lowest BCUT2D eigenvalue weighted by Crippen LogP contribution is -2.41. The van der Waals surface area contributed by atoms with Gasteiger partial charge in [0.25, 0.3) is 0 Å². The first-order chi connectivity index (χ1) is 10.4. The third-order valence-corrected chi connectivity index (χ3v) is 6.94. The lowest BCUT2D eigenvalue weighted by atomic mass is 9.53. The van der Waals surface area contributed by atoms with E-state index in [0.717, 1.165) is 23.7 Å². The van der Waals surface area contributed by atoms with E-state index >= 15 is 0 Å². The molecule has 7 rings (SSSR count). The van der Waals surface area contributed by atoms with Gasteiger partial charge in [-0.2, -0.15) is 0 Å². The van der Waals surface area contributed by atoms with Gasteiger partial charge in [0.15, 0.2) is 0 Å². The van der Waals surface area contributed by atoms with Crippen LogP contribution in [-0.2, 0) is 0 Å². The molecule has 104 valence electrons. The van der Waals surface area contributed by atoms with Crippen molar-refractivity contribution in [2.45, 2.75) is 32.1 Å². The summed E-state index contributed by atoms with van der Waals surface area (Å²) in [6.45, 7) is 0. The monoisotopic (exact) mass is 272 g/mol. The van der Waals surface area contributed by atoms with Crippen molar-refractivity contribution >= 4 is 21.9 Å². The van der Waals surface area contributed by atoms with Crippen LogP contribution in [0.3, 0.4) is 0 Å². The van der Waals surface area contributed by atoms with Crippen molar-refractivity contribution < 1.29 is 0 Å². The molecule has 3 fully saturated rings. The second-order valence-corrected chi connectivity index (χ2v) is 7.75. The van der Waals surface area contributed by atoms with Crippen LogP contribution in [-0.4, -0.2) is 0 Å². The van der Waals surface area contributed by atoms with Crippen molar-refractivity contribution in [1.29, 1.82) is 0 Å². The smallest absolute Gasteiger partial charge is 0.00330 e. The Labute approximate surface area is 125 Å². The van der Waals surface area contributed by atoms with Gasteiger partial charge in [-0.1, -0.05) is 42.8 Å². The topological polar surface area (TPSA) is 0 Å². The Morgan fingerprint density at radius 3 is 2.57 bits per heavy atom. The predicted molar refractivity (Wildman–Crippen MR) is 87.8 cm³/mol. The Hall–Kier alpha value is -1.56. The maximum Gasteiger partial charge on any atom is -0.00330 e. The lowest BCUT2D eigenvalue weighted by molar-refractivity contribution is 0.0614. The van der Waals surface area contributed by atoms with Crippen molar-refractivity contribution in [2.75, 3.05) is 0 Å². The molecule has 0 heterocycles. The summed E-state index contributed by atoms with van der Waals surface area (Å²) in [4.78, 5) is 0. The largest absolute Gasteiger partial charge is 0.0610 e. The number of benzene rings is 2. The van der Waals surface area contributed by atoms with Crippen molar-refractivity contribution in [3.63, 3.8) is 0 Å². The zero-order valence-electron chi connectivity index (χ0n) is 12.3. The zero-order chi connectivity index (χ0) is 13.6. The van der Waals surface area contributed by atoms with Crippen LogP contribution in [0.4, 0.5) is 0 Å². The summed E-state index contributed by atoms with van der Waals surface area (Å²) < 4.78 is 0. The van der Waals surface area contributed by atoms with Crippen LogP contribution in [0.25, 0.3) is 21.9 Å². The van der Waals surface area contributed by atoms with E-state index in [1.54, 1.807) is 27.7 Å². The second-order valence-electron chi connectivity index (χ2n) is 7.75. The molecule has 5 aliphatic rings. The van der Waals surface area contributed by atoms with E-state index < -0.39 is 0 Å². The quantitative estimate of drug-likeness (QED) is 0.592. The maximum absolute atomic E-state index is 2.40.